The van der Waals surface area contributed by atoms with Crippen molar-refractivity contribution >= 4 is 0 Å². The van der Waals surface area contributed by atoms with Gasteiger partial charge in [-0.2, -0.15) is 13.2 Å². The number of alkyl halides is 3. The SMILES string of the molecule is CCC1CCC(O)(CC[C@@H](C)[C@H]2CC[C@H]3[C@@H]4CC[C@H]5C[C@](O)(C(F)(F)F)CC[C@]5(C)[C@H]4CC[C@]23C)CC1. The molecule has 0 unspecified atom stereocenters. The Morgan fingerprint density at radius 1 is 0.811 bits per heavy atom. The molecular formula is C32H53F3O2. The largest absolute Gasteiger partial charge is 0.417 e. The van der Waals surface area contributed by atoms with Gasteiger partial charge in [-0.3, -0.25) is 0 Å². The Kier molecular flexibility index (Phi) is 7.38. The quantitative estimate of drug-likeness (QED) is 0.376. The molecular weight excluding hydrogens is 473 g/mol. The summed E-state index contributed by atoms with van der Waals surface area (Å²) in [6.45, 7) is 9.52. The van der Waals surface area contributed by atoms with E-state index in [0.717, 1.165) is 50.9 Å². The van der Waals surface area contributed by atoms with Gasteiger partial charge >= 0.3 is 6.18 Å². The van der Waals surface area contributed by atoms with Gasteiger partial charge in [0.25, 0.3) is 0 Å². The second-order valence-corrected chi connectivity index (χ2v) is 15.2. The fourth-order valence-electron chi connectivity index (χ4n) is 11.0. The number of aliphatic hydroxyl groups is 2. The van der Waals surface area contributed by atoms with Crippen LogP contribution in [0.3, 0.4) is 0 Å². The Labute approximate surface area is 223 Å². The second kappa shape index (κ2) is 9.67. The maximum atomic E-state index is 13.7. The number of halogens is 3. The monoisotopic (exact) mass is 526 g/mol. The van der Waals surface area contributed by atoms with Crippen molar-refractivity contribution in [2.24, 2.45) is 52.3 Å². The van der Waals surface area contributed by atoms with Crippen LogP contribution in [-0.4, -0.2) is 27.6 Å². The standard InChI is InChI=1S/C32H53F3O2/c1-5-22-11-16-30(36,17-12-22)15-10-21(2)25-8-9-26-24-7-6-23-20-31(37,32(33,34)35)19-18-28(23,3)27(24)13-14-29(25,26)4/h21-27,36-37H,5-20H2,1-4H3/t21-,22?,23+,24+,25-,26+,27+,28+,29-,30?,31+/m1/s1. The van der Waals surface area contributed by atoms with Crippen molar-refractivity contribution < 1.29 is 23.4 Å². The molecule has 5 heteroatoms. The predicted molar refractivity (Wildman–Crippen MR) is 142 cm³/mol. The Morgan fingerprint density at radius 2 is 1.49 bits per heavy atom. The van der Waals surface area contributed by atoms with Crippen LogP contribution in [0, 0.1) is 52.3 Å². The molecule has 5 fully saturated rings. The van der Waals surface area contributed by atoms with Crippen molar-refractivity contribution in [2.75, 3.05) is 0 Å². The van der Waals surface area contributed by atoms with E-state index < -0.39 is 17.4 Å². The van der Waals surface area contributed by atoms with Gasteiger partial charge in [0.05, 0.1) is 5.60 Å². The maximum Gasteiger partial charge on any atom is 0.417 e. The molecule has 2 N–H and O–H groups in total. The Balaban J connectivity index is 1.24. The minimum absolute atomic E-state index is 0.0156. The lowest BCUT2D eigenvalue weighted by atomic mass is 9.43. The molecule has 0 aromatic carbocycles. The van der Waals surface area contributed by atoms with Crippen LogP contribution in [-0.2, 0) is 0 Å². The van der Waals surface area contributed by atoms with E-state index >= 15 is 0 Å². The Morgan fingerprint density at radius 3 is 2.14 bits per heavy atom. The average Bonchev–Trinajstić information content (AvgIpc) is 3.20. The number of rotatable bonds is 5. The van der Waals surface area contributed by atoms with E-state index in [1.165, 1.54) is 38.5 Å². The van der Waals surface area contributed by atoms with Gasteiger partial charge in [0.2, 0.25) is 0 Å². The second-order valence-electron chi connectivity index (χ2n) is 15.2. The zero-order chi connectivity index (χ0) is 26.9. The van der Waals surface area contributed by atoms with E-state index in [1.54, 1.807) is 0 Å². The predicted octanol–water partition coefficient (Wildman–Crippen LogP) is 8.69. The lowest BCUT2D eigenvalue weighted by molar-refractivity contribution is -0.290. The summed E-state index contributed by atoms with van der Waals surface area (Å²) in [6.07, 6.45) is 10.1. The third-order valence-corrected chi connectivity index (χ3v) is 13.7. The number of hydrogen-bond acceptors (Lipinski definition) is 2. The summed E-state index contributed by atoms with van der Waals surface area (Å²) in [4.78, 5) is 0. The lowest BCUT2D eigenvalue weighted by Gasteiger charge is -2.62. The van der Waals surface area contributed by atoms with E-state index in [1.807, 2.05) is 0 Å². The van der Waals surface area contributed by atoms with E-state index in [-0.39, 0.29) is 24.2 Å². The van der Waals surface area contributed by atoms with Crippen LogP contribution in [0.4, 0.5) is 13.2 Å². The minimum atomic E-state index is -4.52. The van der Waals surface area contributed by atoms with Gasteiger partial charge in [-0.05, 0) is 149 Å². The summed E-state index contributed by atoms with van der Waals surface area (Å²) >= 11 is 0. The summed E-state index contributed by atoms with van der Waals surface area (Å²) in [6, 6.07) is 0. The van der Waals surface area contributed by atoms with Crippen molar-refractivity contribution in [3.63, 3.8) is 0 Å². The highest BCUT2D eigenvalue weighted by molar-refractivity contribution is 5.11. The third-order valence-electron chi connectivity index (χ3n) is 13.7. The van der Waals surface area contributed by atoms with E-state index in [0.29, 0.717) is 41.4 Å². The van der Waals surface area contributed by atoms with Crippen molar-refractivity contribution in [1.29, 1.82) is 0 Å². The van der Waals surface area contributed by atoms with Gasteiger partial charge in [-0.1, -0.05) is 34.1 Å². The molecule has 0 spiro atoms. The molecule has 214 valence electrons. The molecule has 5 saturated carbocycles. The molecule has 2 nitrogen and oxygen atoms in total. The highest BCUT2D eigenvalue weighted by Crippen LogP contribution is 2.69. The van der Waals surface area contributed by atoms with Crippen LogP contribution in [0.15, 0.2) is 0 Å². The number of hydrogen-bond donors (Lipinski definition) is 2. The summed E-state index contributed by atoms with van der Waals surface area (Å²) in [7, 11) is 0. The average molecular weight is 527 g/mol. The van der Waals surface area contributed by atoms with Gasteiger partial charge in [-0.15, -0.1) is 0 Å². The maximum absolute atomic E-state index is 13.7. The molecule has 0 aliphatic heterocycles. The molecule has 9 atom stereocenters. The van der Waals surface area contributed by atoms with Gasteiger partial charge < -0.3 is 10.2 Å². The van der Waals surface area contributed by atoms with Gasteiger partial charge in [0.15, 0.2) is 5.60 Å². The zero-order valence-corrected chi connectivity index (χ0v) is 23.9. The Hall–Kier alpha value is -0.290. The first-order valence-corrected chi connectivity index (χ1v) is 15.8. The molecule has 0 heterocycles. The van der Waals surface area contributed by atoms with Crippen molar-refractivity contribution in [3.05, 3.63) is 0 Å². The molecule has 0 amide bonds. The van der Waals surface area contributed by atoms with E-state index in [2.05, 4.69) is 27.7 Å². The highest BCUT2D eigenvalue weighted by Gasteiger charge is 2.65. The van der Waals surface area contributed by atoms with Crippen LogP contribution >= 0.6 is 0 Å². The van der Waals surface area contributed by atoms with Gasteiger partial charge in [0, 0.05) is 0 Å². The van der Waals surface area contributed by atoms with Crippen LogP contribution < -0.4 is 0 Å². The molecule has 0 aromatic heterocycles. The normalized spacial score (nSPS) is 51.2. The first-order valence-electron chi connectivity index (χ1n) is 15.8. The van der Waals surface area contributed by atoms with Gasteiger partial charge in [-0.25, -0.2) is 0 Å². The minimum Gasteiger partial charge on any atom is -0.390 e. The topological polar surface area (TPSA) is 40.5 Å². The van der Waals surface area contributed by atoms with Crippen LogP contribution in [0.5, 0.6) is 0 Å². The molecule has 0 saturated heterocycles. The Bertz CT molecular complexity index is 819. The highest BCUT2D eigenvalue weighted by atomic mass is 19.4. The molecule has 5 aliphatic carbocycles. The first-order chi connectivity index (χ1) is 17.2. The summed E-state index contributed by atoms with van der Waals surface area (Å²) in [5, 5.41) is 21.8. The lowest BCUT2D eigenvalue weighted by Crippen LogP contribution is -2.59. The van der Waals surface area contributed by atoms with E-state index in [4.69, 9.17) is 0 Å². The molecule has 5 rings (SSSR count). The van der Waals surface area contributed by atoms with Crippen LogP contribution in [0.2, 0.25) is 0 Å². The zero-order valence-electron chi connectivity index (χ0n) is 23.9. The first kappa shape index (κ1) is 28.2. The summed E-state index contributed by atoms with van der Waals surface area (Å²) < 4.78 is 41.0. The molecule has 0 aromatic rings. The smallest absolute Gasteiger partial charge is 0.390 e. The van der Waals surface area contributed by atoms with Gasteiger partial charge in [0.1, 0.15) is 0 Å². The fraction of sp³-hybridized carbons (Fsp3) is 1.00. The summed E-state index contributed by atoms with van der Waals surface area (Å²) in [5.74, 6) is 3.91. The van der Waals surface area contributed by atoms with Crippen molar-refractivity contribution in [1.82, 2.24) is 0 Å². The van der Waals surface area contributed by atoms with Crippen molar-refractivity contribution in [2.45, 2.75) is 148 Å². The third kappa shape index (κ3) is 4.72. The molecule has 0 radical (unpaired) electrons. The van der Waals surface area contributed by atoms with Crippen LogP contribution in [0.1, 0.15) is 130 Å². The molecule has 37 heavy (non-hydrogen) atoms. The fourth-order valence-corrected chi connectivity index (χ4v) is 11.0. The summed E-state index contributed by atoms with van der Waals surface area (Å²) in [5.41, 5.74) is -2.68. The van der Waals surface area contributed by atoms with Crippen LogP contribution in [0.25, 0.3) is 0 Å². The van der Waals surface area contributed by atoms with E-state index in [9.17, 15) is 23.4 Å². The molecule has 5 aliphatic rings. The molecule has 0 bridgehead atoms. The number of fused-ring (bicyclic) bond motifs is 5. The van der Waals surface area contributed by atoms with Crippen molar-refractivity contribution in [3.8, 4) is 0 Å².